The summed E-state index contributed by atoms with van der Waals surface area (Å²) < 4.78 is 36.2. The van der Waals surface area contributed by atoms with Crippen molar-refractivity contribution in [2.75, 3.05) is 26.4 Å². The van der Waals surface area contributed by atoms with Crippen molar-refractivity contribution in [2.24, 2.45) is 39.4 Å². The van der Waals surface area contributed by atoms with Crippen molar-refractivity contribution in [3.8, 4) is 0 Å². The van der Waals surface area contributed by atoms with E-state index >= 15 is 0 Å². The van der Waals surface area contributed by atoms with E-state index in [-0.39, 0.29) is 74.9 Å². The minimum atomic E-state index is -0.946. The van der Waals surface area contributed by atoms with Crippen LogP contribution < -0.4 is 5.73 Å². The molecule has 7 rings (SSSR count). The van der Waals surface area contributed by atoms with Crippen LogP contribution in [0.5, 0.6) is 0 Å². The first-order valence-electron chi connectivity index (χ1n) is 26.0. The molecule has 1 aromatic heterocycles. The zero-order valence-corrected chi connectivity index (χ0v) is 46.3. The van der Waals surface area contributed by atoms with Gasteiger partial charge in [-0.15, -0.1) is 0 Å². The lowest BCUT2D eigenvalue weighted by atomic mass is 9.97. The van der Waals surface area contributed by atoms with Gasteiger partial charge in [-0.2, -0.15) is 0 Å². The smallest absolute Gasteiger partial charge is 0.334 e. The molecule has 18 heteroatoms. The highest BCUT2D eigenvalue weighted by Gasteiger charge is 2.30. The molecule has 0 spiro atoms. The highest BCUT2D eigenvalue weighted by Crippen LogP contribution is 2.16. The van der Waals surface area contributed by atoms with Crippen molar-refractivity contribution in [1.82, 2.24) is 4.98 Å². The molecule has 0 radical (unpaired) electrons. The van der Waals surface area contributed by atoms with Crippen LogP contribution in [0.15, 0.2) is 142 Å². The van der Waals surface area contributed by atoms with Gasteiger partial charge in [0, 0.05) is 30.1 Å². The number of benzene rings is 4. The average molecular weight is 1080 g/mol. The number of aliphatic hydroxyl groups excluding tert-OH is 2. The SMILES string of the molecule is CC(C)C(=O)CC(CO)C(=O)OCc1ccccc1.CC(C)C1=NC(C(=O)OCc2ccccc2)CO1.CC(C)C1=NC(C(=O)OCc2ccccc2)CO1.Cc1coc(C(C)C)n1.NC(CO)C(=O)OCc1ccccc1. The molecule has 422 valence electrons. The van der Waals surface area contributed by atoms with E-state index in [0.717, 1.165) is 33.8 Å². The third-order valence-electron chi connectivity index (χ3n) is 11.0. The molecule has 3 heterocycles. The fourth-order valence-electron chi connectivity index (χ4n) is 6.40. The zero-order chi connectivity index (χ0) is 57.4. The Morgan fingerprint density at radius 1 is 0.551 bits per heavy atom. The summed E-state index contributed by atoms with van der Waals surface area (Å²) in [6.45, 7) is 18.2. The van der Waals surface area contributed by atoms with E-state index in [1.807, 2.05) is 156 Å². The van der Waals surface area contributed by atoms with E-state index < -0.39 is 42.6 Å². The largest absolute Gasteiger partial charge is 0.478 e. The molecule has 4 aromatic carbocycles. The van der Waals surface area contributed by atoms with Crippen molar-refractivity contribution < 1.29 is 67.0 Å². The predicted molar refractivity (Wildman–Crippen MR) is 294 cm³/mol. The third kappa shape index (κ3) is 25.1. The van der Waals surface area contributed by atoms with Crippen LogP contribution in [0.25, 0.3) is 0 Å². The van der Waals surface area contributed by atoms with E-state index in [9.17, 15) is 29.1 Å². The Labute approximate surface area is 458 Å². The first-order chi connectivity index (χ1) is 37.3. The van der Waals surface area contributed by atoms with Crippen LogP contribution in [0.1, 0.15) is 102 Å². The summed E-state index contributed by atoms with van der Waals surface area (Å²) in [7, 11) is 0. The number of aliphatic hydroxyl groups is 2. The van der Waals surface area contributed by atoms with Crippen LogP contribution in [0.4, 0.5) is 0 Å². The summed E-state index contributed by atoms with van der Waals surface area (Å²) in [5.74, 6) is 0.194. The maximum Gasteiger partial charge on any atom is 0.334 e. The van der Waals surface area contributed by atoms with Gasteiger partial charge < -0.3 is 48.8 Å². The summed E-state index contributed by atoms with van der Waals surface area (Å²) in [5, 5.41) is 17.7. The Morgan fingerprint density at radius 2 is 0.923 bits per heavy atom. The topological polar surface area (TPSA) is 258 Å². The van der Waals surface area contributed by atoms with Gasteiger partial charge in [0.1, 0.15) is 57.7 Å². The maximum absolute atomic E-state index is 11.8. The maximum atomic E-state index is 11.8. The second-order valence-corrected chi connectivity index (χ2v) is 19.2. The fourth-order valence-corrected chi connectivity index (χ4v) is 6.40. The van der Waals surface area contributed by atoms with Gasteiger partial charge in [0.2, 0.25) is 0 Å². The van der Waals surface area contributed by atoms with Crippen LogP contribution in [0.2, 0.25) is 0 Å². The van der Waals surface area contributed by atoms with E-state index in [1.54, 1.807) is 20.1 Å². The first kappa shape index (κ1) is 64.7. The molecule has 4 N–H and O–H groups in total. The number of carbonyl (C=O) groups is 5. The van der Waals surface area contributed by atoms with Crippen LogP contribution in [-0.4, -0.2) is 101 Å². The van der Waals surface area contributed by atoms with E-state index in [4.69, 9.17) is 43.7 Å². The second-order valence-electron chi connectivity index (χ2n) is 19.2. The molecular formula is C60H78N4O14. The molecule has 0 fully saturated rings. The molecule has 2 aliphatic rings. The van der Waals surface area contributed by atoms with Gasteiger partial charge in [0.05, 0.1) is 24.8 Å². The van der Waals surface area contributed by atoms with Crippen LogP contribution in [0, 0.1) is 30.6 Å². The zero-order valence-electron chi connectivity index (χ0n) is 46.3. The van der Waals surface area contributed by atoms with E-state index in [2.05, 4.69) is 28.8 Å². The molecule has 4 unspecified atom stereocenters. The summed E-state index contributed by atoms with van der Waals surface area (Å²) >= 11 is 0. The molecule has 4 atom stereocenters. The lowest BCUT2D eigenvalue weighted by Crippen LogP contribution is -2.35. The number of Topliss-reactive ketones (excluding diaryl/α,β-unsaturated/α-hetero) is 1. The van der Waals surface area contributed by atoms with Gasteiger partial charge in [0.15, 0.2) is 29.8 Å². The van der Waals surface area contributed by atoms with Crippen molar-refractivity contribution in [3.05, 3.63) is 161 Å². The number of nitrogens with zero attached hydrogens (tertiary/aromatic N) is 3. The summed E-state index contributed by atoms with van der Waals surface area (Å²) in [4.78, 5) is 70.5. The monoisotopic (exact) mass is 1080 g/mol. The van der Waals surface area contributed by atoms with Gasteiger partial charge in [0.25, 0.3) is 0 Å². The lowest BCUT2D eigenvalue weighted by Gasteiger charge is -2.14. The minimum Gasteiger partial charge on any atom is -0.478 e. The number of hydrogen-bond donors (Lipinski definition) is 3. The van der Waals surface area contributed by atoms with E-state index in [1.165, 1.54) is 0 Å². The van der Waals surface area contributed by atoms with Crippen LogP contribution in [0.3, 0.4) is 0 Å². The third-order valence-corrected chi connectivity index (χ3v) is 11.0. The Hall–Kier alpha value is -7.54. The lowest BCUT2D eigenvalue weighted by molar-refractivity contribution is -0.153. The number of nitrogens with two attached hydrogens (primary N) is 1. The number of hydrogen-bond acceptors (Lipinski definition) is 18. The highest BCUT2D eigenvalue weighted by atomic mass is 16.6. The molecule has 0 saturated heterocycles. The number of ketones is 1. The van der Waals surface area contributed by atoms with Gasteiger partial charge in [-0.1, -0.05) is 177 Å². The first-order valence-corrected chi connectivity index (χ1v) is 26.0. The summed E-state index contributed by atoms with van der Waals surface area (Å²) in [6, 6.07) is 35.8. The van der Waals surface area contributed by atoms with Gasteiger partial charge in [-0.05, 0) is 29.2 Å². The number of ether oxygens (including phenoxy) is 6. The normalized spacial score (nSPS) is 14.9. The number of esters is 4. The Morgan fingerprint density at radius 3 is 1.21 bits per heavy atom. The molecule has 0 bridgehead atoms. The molecule has 78 heavy (non-hydrogen) atoms. The van der Waals surface area contributed by atoms with E-state index in [0.29, 0.717) is 30.9 Å². The highest BCUT2D eigenvalue weighted by molar-refractivity contribution is 5.87. The molecule has 0 saturated carbocycles. The molecule has 0 amide bonds. The average Bonchev–Trinajstić information content (AvgIpc) is 4.27. The van der Waals surface area contributed by atoms with Gasteiger partial charge in [-0.3, -0.25) is 14.4 Å². The Balaban J connectivity index is 0.000000261. The molecule has 0 aliphatic carbocycles. The van der Waals surface area contributed by atoms with Gasteiger partial charge >= 0.3 is 23.9 Å². The molecule has 18 nitrogen and oxygen atoms in total. The molecule has 5 aromatic rings. The standard InChI is InChI=1S/C15H20O4.2C14H17NO3.C10H13NO3.C7H11NO/c1-11(2)14(17)8-13(9-16)15(18)19-10-12-6-4-3-5-7-12;2*1-10(2)13-15-12(9-17-13)14(16)18-8-11-6-4-3-5-7-11;11-9(6-12)10(13)14-7-8-4-2-1-3-5-8;1-5(2)7-8-6(3)4-9-7/h3-7,11,13,16H,8-10H2,1-2H3;2*3-7,10,12H,8-9H2,1-2H3;1-5,9,12H,6-7,11H2;4-5H,1-3H3. The number of oxazole rings is 1. The Kier molecular flexibility index (Phi) is 29.7. The van der Waals surface area contributed by atoms with Crippen molar-refractivity contribution in [1.29, 1.82) is 0 Å². The van der Waals surface area contributed by atoms with Crippen molar-refractivity contribution in [3.63, 3.8) is 0 Å². The van der Waals surface area contributed by atoms with Crippen molar-refractivity contribution >= 4 is 41.5 Å². The second kappa shape index (κ2) is 35.7. The predicted octanol–water partition coefficient (Wildman–Crippen LogP) is 8.48. The van der Waals surface area contributed by atoms with Crippen LogP contribution >= 0.6 is 0 Å². The number of aryl methyl sites for hydroxylation is 1. The summed E-state index contributed by atoms with van der Waals surface area (Å²) in [5.41, 5.74) is 9.93. The molecular weight excluding hydrogens is 1000 g/mol. The number of rotatable bonds is 20. The van der Waals surface area contributed by atoms with Crippen LogP contribution in [-0.2, 0) is 78.8 Å². The molecule has 2 aliphatic heterocycles. The minimum absolute atomic E-state index is 0.0296. The Bertz CT molecular complexity index is 2500. The number of aliphatic imine (C=N–C) groups is 2. The summed E-state index contributed by atoms with van der Waals surface area (Å²) in [6.07, 6.45) is 1.71. The number of carbonyl (C=O) groups excluding carboxylic acids is 5. The van der Waals surface area contributed by atoms with Crippen molar-refractivity contribution in [2.45, 2.75) is 119 Å². The quantitative estimate of drug-likeness (QED) is 0.0488. The number of aromatic nitrogens is 1. The fraction of sp³-hybridized carbons (Fsp3) is 0.433. The van der Waals surface area contributed by atoms with Gasteiger partial charge in [-0.25, -0.2) is 24.6 Å².